The Balaban J connectivity index is 1.82. The largest absolute Gasteiger partial charge is 0.477 e. The third-order valence-electron chi connectivity index (χ3n) is 3.49. The predicted octanol–water partition coefficient (Wildman–Crippen LogP) is 1.31. The molecular weight excluding hydrogens is 242 g/mol. The van der Waals surface area contributed by atoms with Crippen molar-refractivity contribution in [1.29, 1.82) is 0 Å². The van der Waals surface area contributed by atoms with Gasteiger partial charge < -0.3 is 14.9 Å². The number of rotatable bonds is 6. The summed E-state index contributed by atoms with van der Waals surface area (Å²) in [5.74, 6) is -0.971. The van der Waals surface area contributed by atoms with E-state index in [2.05, 4.69) is 21.8 Å². The zero-order valence-corrected chi connectivity index (χ0v) is 11.4. The van der Waals surface area contributed by atoms with Crippen LogP contribution in [0.15, 0.2) is 18.3 Å². The van der Waals surface area contributed by atoms with Gasteiger partial charge in [-0.1, -0.05) is 0 Å². The van der Waals surface area contributed by atoms with Gasteiger partial charge in [0.25, 0.3) is 0 Å². The van der Waals surface area contributed by atoms with Crippen molar-refractivity contribution in [2.45, 2.75) is 19.4 Å². The minimum absolute atomic E-state index is 0.116. The second-order valence-electron chi connectivity index (χ2n) is 5.14. The number of aromatic nitrogens is 1. The average Bonchev–Trinajstić information content (AvgIpc) is 2.90. The maximum atomic E-state index is 10.9. The van der Waals surface area contributed by atoms with Gasteiger partial charge in [0.15, 0.2) is 0 Å². The van der Waals surface area contributed by atoms with Gasteiger partial charge in [0, 0.05) is 25.8 Å². The van der Waals surface area contributed by atoms with E-state index in [1.807, 2.05) is 6.07 Å². The fourth-order valence-corrected chi connectivity index (χ4v) is 2.40. The molecule has 0 radical (unpaired) electrons. The van der Waals surface area contributed by atoms with Crippen LogP contribution in [0, 0.1) is 0 Å². The summed E-state index contributed by atoms with van der Waals surface area (Å²) >= 11 is 0. The summed E-state index contributed by atoms with van der Waals surface area (Å²) in [6.45, 7) is 5.28. The molecule has 0 atom stereocenters. The van der Waals surface area contributed by atoms with E-state index in [9.17, 15) is 4.79 Å². The van der Waals surface area contributed by atoms with Gasteiger partial charge in [0.05, 0.1) is 0 Å². The summed E-state index contributed by atoms with van der Waals surface area (Å²) in [7, 11) is 2.07. The molecule has 2 rings (SSSR count). The molecule has 104 valence electrons. The highest BCUT2D eigenvalue weighted by Gasteiger charge is 2.12. The number of pyridine rings is 1. The van der Waals surface area contributed by atoms with Crippen LogP contribution in [-0.4, -0.2) is 59.1 Å². The molecule has 19 heavy (non-hydrogen) atoms. The number of likely N-dealkylation sites (N-methyl/N-ethyl adjacent to an activating group) is 1. The van der Waals surface area contributed by atoms with E-state index in [1.165, 1.54) is 25.9 Å². The van der Waals surface area contributed by atoms with E-state index in [4.69, 9.17) is 5.11 Å². The first-order valence-electron chi connectivity index (χ1n) is 6.74. The number of hydrogen-bond acceptors (Lipinski definition) is 4. The number of carboxylic acids is 1. The molecule has 0 saturated carbocycles. The summed E-state index contributed by atoms with van der Waals surface area (Å²) < 4.78 is 0. The van der Waals surface area contributed by atoms with Crippen LogP contribution < -0.4 is 0 Å². The number of carbonyl (C=O) groups is 1. The first-order valence-corrected chi connectivity index (χ1v) is 6.74. The Morgan fingerprint density at radius 2 is 2.21 bits per heavy atom. The first kappa shape index (κ1) is 14.0. The molecule has 0 aromatic carbocycles. The lowest BCUT2D eigenvalue weighted by molar-refractivity contribution is 0.0690. The normalized spacial score (nSPS) is 16.1. The van der Waals surface area contributed by atoms with Crippen molar-refractivity contribution in [3.63, 3.8) is 0 Å². The molecule has 5 nitrogen and oxygen atoms in total. The molecule has 1 N–H and O–H groups in total. The topological polar surface area (TPSA) is 56.7 Å². The van der Waals surface area contributed by atoms with Gasteiger partial charge in [-0.25, -0.2) is 9.78 Å². The molecule has 0 unspecified atom stereocenters. The van der Waals surface area contributed by atoms with Gasteiger partial charge in [-0.15, -0.1) is 0 Å². The molecule has 0 spiro atoms. The molecule has 1 aliphatic rings. The second kappa shape index (κ2) is 6.63. The minimum Gasteiger partial charge on any atom is -0.477 e. The smallest absolute Gasteiger partial charge is 0.354 e. The van der Waals surface area contributed by atoms with Gasteiger partial charge in [0.2, 0.25) is 0 Å². The van der Waals surface area contributed by atoms with Crippen molar-refractivity contribution in [1.82, 2.24) is 14.8 Å². The summed E-state index contributed by atoms with van der Waals surface area (Å²) in [5.41, 5.74) is 1.11. The van der Waals surface area contributed by atoms with E-state index in [0.717, 1.165) is 25.2 Å². The Hall–Kier alpha value is -1.46. The molecule has 1 aromatic heterocycles. The maximum absolute atomic E-state index is 10.9. The molecule has 1 aromatic rings. The van der Waals surface area contributed by atoms with E-state index >= 15 is 0 Å². The fourth-order valence-electron chi connectivity index (χ4n) is 2.40. The molecule has 0 amide bonds. The van der Waals surface area contributed by atoms with Gasteiger partial charge in [-0.05, 0) is 50.7 Å². The van der Waals surface area contributed by atoms with Gasteiger partial charge in [-0.2, -0.15) is 0 Å². The van der Waals surface area contributed by atoms with Crippen LogP contribution in [-0.2, 0) is 6.54 Å². The SMILES string of the molecule is CN(CCN1CCCC1)Cc1ccnc(C(=O)O)c1. The molecule has 1 aliphatic heterocycles. The Kier molecular flexibility index (Phi) is 4.87. The quantitative estimate of drug-likeness (QED) is 0.838. The lowest BCUT2D eigenvalue weighted by Crippen LogP contribution is -2.31. The van der Waals surface area contributed by atoms with Crippen molar-refractivity contribution >= 4 is 5.97 Å². The Bertz CT molecular complexity index is 430. The van der Waals surface area contributed by atoms with Crippen molar-refractivity contribution in [2.24, 2.45) is 0 Å². The second-order valence-corrected chi connectivity index (χ2v) is 5.14. The van der Waals surface area contributed by atoms with Gasteiger partial charge in [0.1, 0.15) is 5.69 Å². The Morgan fingerprint density at radius 1 is 1.47 bits per heavy atom. The molecule has 0 bridgehead atoms. The van der Waals surface area contributed by atoms with E-state index in [0.29, 0.717) is 0 Å². The average molecular weight is 263 g/mol. The van der Waals surface area contributed by atoms with Gasteiger partial charge in [-0.3, -0.25) is 0 Å². The van der Waals surface area contributed by atoms with Crippen LogP contribution in [0.25, 0.3) is 0 Å². The van der Waals surface area contributed by atoms with Crippen LogP contribution in [0.3, 0.4) is 0 Å². The predicted molar refractivity (Wildman–Crippen MR) is 73.2 cm³/mol. The number of nitrogens with zero attached hydrogens (tertiary/aromatic N) is 3. The molecule has 2 heterocycles. The highest BCUT2D eigenvalue weighted by atomic mass is 16.4. The number of likely N-dealkylation sites (tertiary alicyclic amines) is 1. The highest BCUT2D eigenvalue weighted by Crippen LogP contribution is 2.08. The van der Waals surface area contributed by atoms with E-state index < -0.39 is 5.97 Å². The van der Waals surface area contributed by atoms with Crippen molar-refractivity contribution in [3.05, 3.63) is 29.6 Å². The molecule has 1 saturated heterocycles. The standard InChI is InChI=1S/C14H21N3O2/c1-16(8-9-17-6-2-3-7-17)11-12-4-5-15-13(10-12)14(18)19/h4-5,10H,2-3,6-9,11H2,1H3,(H,18,19). The Morgan fingerprint density at radius 3 is 2.89 bits per heavy atom. The highest BCUT2D eigenvalue weighted by molar-refractivity contribution is 5.85. The summed E-state index contributed by atoms with van der Waals surface area (Å²) in [5, 5.41) is 8.91. The molecule has 1 fully saturated rings. The summed E-state index contributed by atoms with van der Waals surface area (Å²) in [6.07, 6.45) is 4.19. The first-order chi connectivity index (χ1) is 9.15. The third kappa shape index (κ3) is 4.29. The van der Waals surface area contributed by atoms with Crippen molar-refractivity contribution in [3.8, 4) is 0 Å². The monoisotopic (exact) mass is 263 g/mol. The lowest BCUT2D eigenvalue weighted by Gasteiger charge is -2.21. The van der Waals surface area contributed by atoms with Crippen molar-refractivity contribution in [2.75, 3.05) is 33.2 Å². The number of aromatic carboxylic acids is 1. The summed E-state index contributed by atoms with van der Waals surface area (Å²) in [6, 6.07) is 3.52. The molecule has 0 aliphatic carbocycles. The zero-order chi connectivity index (χ0) is 13.7. The minimum atomic E-state index is -0.971. The fraction of sp³-hybridized carbons (Fsp3) is 0.571. The van der Waals surface area contributed by atoms with Crippen LogP contribution in [0.5, 0.6) is 0 Å². The van der Waals surface area contributed by atoms with Crippen LogP contribution in [0.1, 0.15) is 28.9 Å². The zero-order valence-electron chi connectivity index (χ0n) is 11.4. The van der Waals surface area contributed by atoms with Crippen LogP contribution in [0.2, 0.25) is 0 Å². The van der Waals surface area contributed by atoms with Crippen LogP contribution in [0.4, 0.5) is 0 Å². The van der Waals surface area contributed by atoms with E-state index in [1.54, 1.807) is 12.3 Å². The van der Waals surface area contributed by atoms with Crippen LogP contribution >= 0.6 is 0 Å². The number of hydrogen-bond donors (Lipinski definition) is 1. The van der Waals surface area contributed by atoms with Gasteiger partial charge >= 0.3 is 5.97 Å². The molecular formula is C14H21N3O2. The van der Waals surface area contributed by atoms with E-state index in [-0.39, 0.29) is 5.69 Å². The Labute approximate surface area is 113 Å². The van der Waals surface area contributed by atoms with Crippen molar-refractivity contribution < 1.29 is 9.90 Å². The third-order valence-corrected chi connectivity index (χ3v) is 3.49. The number of carboxylic acid groups (broad SMARTS) is 1. The molecule has 5 heteroatoms. The maximum Gasteiger partial charge on any atom is 0.354 e. The summed E-state index contributed by atoms with van der Waals surface area (Å²) in [4.78, 5) is 19.4. The lowest BCUT2D eigenvalue weighted by atomic mass is 10.2.